The number of rotatable bonds is 11. The van der Waals surface area contributed by atoms with Crippen LogP contribution < -0.4 is 10.6 Å². The maximum Gasteiger partial charge on any atom is 0.191 e. The van der Waals surface area contributed by atoms with Crippen molar-refractivity contribution in [3.63, 3.8) is 0 Å². The number of ether oxygens (including phenoxy) is 2. The lowest BCUT2D eigenvalue weighted by Gasteiger charge is -2.14. The van der Waals surface area contributed by atoms with Crippen LogP contribution in [0.25, 0.3) is 0 Å². The van der Waals surface area contributed by atoms with Crippen molar-refractivity contribution in [2.45, 2.75) is 36.8 Å². The lowest BCUT2D eigenvalue weighted by molar-refractivity contribution is 0.0888. The molecule has 1 aromatic rings. The fraction of sp³-hybridized carbons (Fsp3) is 0.650. The summed E-state index contributed by atoms with van der Waals surface area (Å²) in [6, 6.07) is 10.5. The first kappa shape index (κ1) is 21.1. The summed E-state index contributed by atoms with van der Waals surface area (Å²) in [5.74, 6) is 1.47. The third kappa shape index (κ3) is 8.92. The zero-order valence-electron chi connectivity index (χ0n) is 16.1. The largest absolute Gasteiger partial charge is 0.381 e. The van der Waals surface area contributed by atoms with E-state index >= 15 is 0 Å². The minimum absolute atomic E-state index is 0.435. The van der Waals surface area contributed by atoms with E-state index in [4.69, 9.17) is 14.5 Å². The summed E-state index contributed by atoms with van der Waals surface area (Å²) in [5.41, 5.74) is 0. The molecule has 26 heavy (non-hydrogen) atoms. The lowest BCUT2D eigenvalue weighted by atomic mass is 10.1. The molecule has 2 atom stereocenters. The number of benzene rings is 1. The summed E-state index contributed by atoms with van der Waals surface area (Å²) in [6.07, 6.45) is 2.11. The van der Waals surface area contributed by atoms with Gasteiger partial charge in [0.2, 0.25) is 0 Å². The zero-order chi connectivity index (χ0) is 18.5. The Kier molecular flexibility index (Phi) is 10.5. The summed E-state index contributed by atoms with van der Waals surface area (Å²) in [4.78, 5) is 6.00. The monoisotopic (exact) mass is 379 g/mol. The van der Waals surface area contributed by atoms with Crippen LogP contribution in [0.3, 0.4) is 0 Å². The summed E-state index contributed by atoms with van der Waals surface area (Å²) in [6.45, 7) is 10.2. The Hall–Kier alpha value is -1.24. The molecule has 6 heteroatoms. The smallest absolute Gasteiger partial charge is 0.191 e. The van der Waals surface area contributed by atoms with Crippen LogP contribution in [-0.2, 0) is 9.47 Å². The van der Waals surface area contributed by atoms with E-state index in [9.17, 15) is 0 Å². The summed E-state index contributed by atoms with van der Waals surface area (Å²) in [5, 5.41) is 7.14. The SMILES string of the molecule is CCNC(=NCC(C)Sc1ccccc1)NCCCOCC1CCOC1. The van der Waals surface area contributed by atoms with Crippen LogP contribution >= 0.6 is 11.8 Å². The standard InChI is InChI=1S/C20H33N3O2S/c1-3-21-20(22-11-7-12-24-15-18-10-13-25-16-18)23-14-17(2)26-19-8-5-4-6-9-19/h4-6,8-9,17-18H,3,7,10-16H2,1-2H3,(H2,21,22,23). The van der Waals surface area contributed by atoms with E-state index < -0.39 is 0 Å². The van der Waals surface area contributed by atoms with Crippen LogP contribution in [0, 0.1) is 5.92 Å². The minimum atomic E-state index is 0.435. The van der Waals surface area contributed by atoms with E-state index in [1.165, 1.54) is 4.90 Å². The number of hydrogen-bond acceptors (Lipinski definition) is 4. The van der Waals surface area contributed by atoms with E-state index in [0.717, 1.165) is 64.9 Å². The van der Waals surface area contributed by atoms with Crippen LogP contribution in [0.5, 0.6) is 0 Å². The molecule has 0 aliphatic carbocycles. The van der Waals surface area contributed by atoms with Gasteiger partial charge in [-0.15, -0.1) is 11.8 Å². The van der Waals surface area contributed by atoms with Crippen molar-refractivity contribution >= 4 is 17.7 Å². The molecule has 1 aromatic carbocycles. The molecule has 2 rings (SSSR count). The van der Waals surface area contributed by atoms with Gasteiger partial charge in [0, 0.05) is 42.4 Å². The van der Waals surface area contributed by atoms with Crippen molar-refractivity contribution in [2.75, 3.05) is 46.1 Å². The Morgan fingerprint density at radius 3 is 2.92 bits per heavy atom. The van der Waals surface area contributed by atoms with Gasteiger partial charge in [-0.3, -0.25) is 4.99 Å². The van der Waals surface area contributed by atoms with Gasteiger partial charge in [-0.1, -0.05) is 25.1 Å². The normalized spacial score (nSPS) is 18.7. The first-order chi connectivity index (χ1) is 12.8. The molecule has 0 spiro atoms. The van der Waals surface area contributed by atoms with Gasteiger partial charge in [0.05, 0.1) is 19.8 Å². The van der Waals surface area contributed by atoms with Crippen molar-refractivity contribution in [2.24, 2.45) is 10.9 Å². The molecule has 1 saturated heterocycles. The molecule has 0 bridgehead atoms. The van der Waals surface area contributed by atoms with Crippen LogP contribution in [0.2, 0.25) is 0 Å². The zero-order valence-corrected chi connectivity index (χ0v) is 16.9. The predicted octanol–water partition coefficient (Wildman–Crippen LogP) is 3.17. The molecular weight excluding hydrogens is 346 g/mol. The maximum absolute atomic E-state index is 5.74. The van der Waals surface area contributed by atoms with E-state index in [2.05, 4.69) is 48.7 Å². The van der Waals surface area contributed by atoms with Gasteiger partial charge < -0.3 is 20.1 Å². The molecule has 0 radical (unpaired) electrons. The minimum Gasteiger partial charge on any atom is -0.381 e. The van der Waals surface area contributed by atoms with Gasteiger partial charge in [-0.2, -0.15) is 0 Å². The molecule has 0 aromatic heterocycles. The first-order valence-electron chi connectivity index (χ1n) is 9.67. The van der Waals surface area contributed by atoms with Crippen molar-refractivity contribution in [3.8, 4) is 0 Å². The highest BCUT2D eigenvalue weighted by Gasteiger charge is 2.15. The Bertz CT molecular complexity index is 507. The van der Waals surface area contributed by atoms with E-state index in [1.54, 1.807) is 0 Å². The average molecular weight is 380 g/mol. The third-order valence-corrected chi connectivity index (χ3v) is 5.16. The number of nitrogens with one attached hydrogen (secondary N) is 2. The summed E-state index contributed by atoms with van der Waals surface area (Å²) in [7, 11) is 0. The number of thioether (sulfide) groups is 1. The molecule has 0 amide bonds. The fourth-order valence-electron chi connectivity index (χ4n) is 2.68. The van der Waals surface area contributed by atoms with Crippen LogP contribution in [0.4, 0.5) is 0 Å². The van der Waals surface area contributed by atoms with Crippen molar-refractivity contribution in [1.82, 2.24) is 10.6 Å². The van der Waals surface area contributed by atoms with Crippen LogP contribution in [-0.4, -0.2) is 57.3 Å². The molecule has 5 nitrogen and oxygen atoms in total. The lowest BCUT2D eigenvalue weighted by Crippen LogP contribution is -2.38. The van der Waals surface area contributed by atoms with Gasteiger partial charge in [0.25, 0.3) is 0 Å². The molecule has 2 unspecified atom stereocenters. The van der Waals surface area contributed by atoms with Crippen LogP contribution in [0.15, 0.2) is 40.2 Å². The van der Waals surface area contributed by atoms with Crippen LogP contribution in [0.1, 0.15) is 26.7 Å². The quantitative estimate of drug-likeness (QED) is 0.268. The highest BCUT2D eigenvalue weighted by atomic mass is 32.2. The number of aliphatic imine (C=N–C) groups is 1. The topological polar surface area (TPSA) is 54.9 Å². The first-order valence-corrected chi connectivity index (χ1v) is 10.5. The van der Waals surface area contributed by atoms with Gasteiger partial charge in [-0.25, -0.2) is 0 Å². The molecule has 2 N–H and O–H groups in total. The second kappa shape index (κ2) is 13.0. The van der Waals surface area contributed by atoms with Gasteiger partial charge >= 0.3 is 0 Å². The van der Waals surface area contributed by atoms with Gasteiger partial charge in [0.15, 0.2) is 5.96 Å². The number of nitrogens with zero attached hydrogens (tertiary/aromatic N) is 1. The molecule has 1 fully saturated rings. The molecule has 1 aliphatic heterocycles. The van der Waals surface area contributed by atoms with Gasteiger partial charge in [0.1, 0.15) is 0 Å². The van der Waals surface area contributed by atoms with Crippen molar-refractivity contribution in [1.29, 1.82) is 0 Å². The Labute approximate surface area is 162 Å². The number of guanidine groups is 1. The Balaban J connectivity index is 1.60. The summed E-state index contributed by atoms with van der Waals surface area (Å²) >= 11 is 1.86. The van der Waals surface area contributed by atoms with E-state index in [0.29, 0.717) is 11.2 Å². The van der Waals surface area contributed by atoms with E-state index in [1.807, 2.05) is 17.8 Å². The van der Waals surface area contributed by atoms with Gasteiger partial charge in [-0.05, 0) is 31.9 Å². The second-order valence-corrected chi connectivity index (χ2v) is 8.06. The third-order valence-electron chi connectivity index (χ3n) is 4.07. The van der Waals surface area contributed by atoms with Crippen molar-refractivity contribution in [3.05, 3.63) is 30.3 Å². The molecule has 146 valence electrons. The maximum atomic E-state index is 5.74. The Morgan fingerprint density at radius 1 is 1.35 bits per heavy atom. The highest BCUT2D eigenvalue weighted by Crippen LogP contribution is 2.22. The predicted molar refractivity (Wildman–Crippen MR) is 110 cm³/mol. The molecular formula is C20H33N3O2S. The number of hydrogen-bond donors (Lipinski definition) is 2. The summed E-state index contributed by atoms with van der Waals surface area (Å²) < 4.78 is 11.1. The van der Waals surface area contributed by atoms with Crippen molar-refractivity contribution < 1.29 is 9.47 Å². The average Bonchev–Trinajstić information content (AvgIpc) is 3.16. The Morgan fingerprint density at radius 2 is 2.19 bits per heavy atom. The van der Waals surface area contributed by atoms with E-state index in [-0.39, 0.29) is 0 Å². The molecule has 1 heterocycles. The molecule has 1 aliphatic rings. The molecule has 0 saturated carbocycles. The second-order valence-electron chi connectivity index (χ2n) is 6.55. The fourth-order valence-corrected chi connectivity index (χ4v) is 3.60. The highest BCUT2D eigenvalue weighted by molar-refractivity contribution is 8.00.